The Kier molecular flexibility index (Phi) is 6.54. The number of anilines is 1. The summed E-state index contributed by atoms with van der Waals surface area (Å²) in [5.41, 5.74) is 3.13. The third kappa shape index (κ3) is 5.65. The first-order valence-corrected chi connectivity index (χ1v) is 10.5. The van der Waals surface area contributed by atoms with Crippen molar-refractivity contribution in [3.05, 3.63) is 82.9 Å². The van der Waals surface area contributed by atoms with Crippen LogP contribution in [0.15, 0.2) is 60.7 Å². The third-order valence-corrected chi connectivity index (χ3v) is 5.29. The van der Waals surface area contributed by atoms with E-state index >= 15 is 0 Å². The Hall–Kier alpha value is -4.21. The summed E-state index contributed by atoms with van der Waals surface area (Å²) in [5.74, 6) is -0.748. The van der Waals surface area contributed by atoms with E-state index in [1.54, 1.807) is 37.3 Å². The lowest BCUT2D eigenvalue weighted by Crippen LogP contribution is -2.23. The van der Waals surface area contributed by atoms with E-state index in [4.69, 9.17) is 14.6 Å². The van der Waals surface area contributed by atoms with E-state index in [0.29, 0.717) is 28.3 Å². The molecule has 0 bridgehead atoms. The fraction of sp³-hybridized carbons (Fsp3) is 0.200. The fourth-order valence-corrected chi connectivity index (χ4v) is 3.74. The topological polar surface area (TPSA) is 85.3 Å². The zero-order valence-corrected chi connectivity index (χ0v) is 18.5. The number of alkyl halides is 3. The predicted octanol–water partition coefficient (Wildman–Crippen LogP) is 5.10. The molecule has 1 N–H and O–H groups in total. The average molecular weight is 487 g/mol. The highest BCUT2D eigenvalue weighted by Crippen LogP contribution is 2.35. The molecule has 0 spiro atoms. The molecule has 35 heavy (non-hydrogen) atoms. The van der Waals surface area contributed by atoms with Gasteiger partial charge in [0, 0.05) is 16.8 Å². The second kappa shape index (κ2) is 9.57. The van der Waals surface area contributed by atoms with Gasteiger partial charge in [-0.3, -0.25) is 4.79 Å². The Morgan fingerprint density at radius 1 is 1.03 bits per heavy atom. The van der Waals surface area contributed by atoms with Gasteiger partial charge in [-0.25, -0.2) is 4.79 Å². The van der Waals surface area contributed by atoms with Gasteiger partial charge in [-0.15, -0.1) is 13.2 Å². The number of nitrogens with zero attached hydrogens (tertiary/aromatic N) is 1. The van der Waals surface area contributed by atoms with E-state index in [0.717, 1.165) is 23.3 Å². The number of aryl methyl sites for hydroxylation is 1. The molecule has 3 aromatic rings. The lowest BCUT2D eigenvalue weighted by Gasteiger charge is -2.17. The highest BCUT2D eigenvalue weighted by atomic mass is 19.4. The number of benzene rings is 3. The Morgan fingerprint density at radius 3 is 2.43 bits per heavy atom. The van der Waals surface area contributed by atoms with Gasteiger partial charge in [-0.1, -0.05) is 12.1 Å². The molecular formula is C25H20F3NO6. The van der Waals surface area contributed by atoms with Gasteiger partial charge in [-0.05, 0) is 66.6 Å². The molecule has 1 aliphatic rings. The zero-order valence-electron chi connectivity index (χ0n) is 18.5. The van der Waals surface area contributed by atoms with Crippen LogP contribution in [0.2, 0.25) is 0 Å². The van der Waals surface area contributed by atoms with Gasteiger partial charge < -0.3 is 24.2 Å². The van der Waals surface area contributed by atoms with Crippen molar-refractivity contribution in [2.24, 2.45) is 0 Å². The molecule has 0 aliphatic carbocycles. The van der Waals surface area contributed by atoms with Crippen LogP contribution in [0.4, 0.5) is 18.9 Å². The maximum Gasteiger partial charge on any atom is 0.573 e. The van der Waals surface area contributed by atoms with Crippen LogP contribution in [-0.2, 0) is 17.9 Å². The second-order valence-electron chi connectivity index (χ2n) is 7.79. The van der Waals surface area contributed by atoms with E-state index in [1.165, 1.54) is 17.0 Å². The minimum Gasteiger partial charge on any atom is -0.489 e. The Labute approximate surface area is 198 Å². The average Bonchev–Trinajstić information content (AvgIpc) is 3.13. The van der Waals surface area contributed by atoms with E-state index in [-0.39, 0.29) is 24.8 Å². The molecule has 0 radical (unpaired) electrons. The van der Waals surface area contributed by atoms with E-state index in [2.05, 4.69) is 4.74 Å². The van der Waals surface area contributed by atoms with Crippen molar-refractivity contribution in [1.29, 1.82) is 0 Å². The number of carbonyl (C=O) groups excluding carboxylic acids is 1. The largest absolute Gasteiger partial charge is 0.573 e. The monoisotopic (exact) mass is 487 g/mol. The summed E-state index contributed by atoms with van der Waals surface area (Å²) in [7, 11) is 0. The van der Waals surface area contributed by atoms with Crippen LogP contribution in [0.5, 0.6) is 17.2 Å². The second-order valence-corrected chi connectivity index (χ2v) is 7.79. The molecule has 0 atom stereocenters. The van der Waals surface area contributed by atoms with Crippen molar-refractivity contribution in [3.63, 3.8) is 0 Å². The van der Waals surface area contributed by atoms with Crippen LogP contribution >= 0.6 is 0 Å². The molecule has 3 aromatic carbocycles. The third-order valence-electron chi connectivity index (χ3n) is 5.29. The molecule has 1 aliphatic heterocycles. The number of hydrogen-bond donors (Lipinski definition) is 1. The fourth-order valence-electron chi connectivity index (χ4n) is 3.74. The van der Waals surface area contributed by atoms with Gasteiger partial charge >= 0.3 is 12.3 Å². The van der Waals surface area contributed by atoms with Crippen LogP contribution in [0.25, 0.3) is 0 Å². The molecule has 0 fully saturated rings. The number of carbonyl (C=O) groups is 2. The number of halogens is 3. The molecular weight excluding hydrogens is 467 g/mol. The van der Waals surface area contributed by atoms with E-state index in [1.807, 2.05) is 6.07 Å². The maximum atomic E-state index is 12.9. The minimum absolute atomic E-state index is 0.199. The number of hydrogen-bond acceptors (Lipinski definition) is 5. The highest BCUT2D eigenvalue weighted by Gasteiger charge is 2.33. The number of ether oxygens (including phenoxy) is 3. The smallest absolute Gasteiger partial charge is 0.489 e. The van der Waals surface area contributed by atoms with Crippen molar-refractivity contribution in [2.45, 2.75) is 26.4 Å². The molecule has 0 saturated heterocycles. The van der Waals surface area contributed by atoms with E-state index < -0.39 is 18.9 Å². The predicted molar refractivity (Wildman–Crippen MR) is 119 cm³/mol. The summed E-state index contributed by atoms with van der Waals surface area (Å²) < 4.78 is 52.3. The number of aliphatic carboxylic acids is 1. The van der Waals surface area contributed by atoms with Gasteiger partial charge in [0.1, 0.15) is 23.9 Å². The quantitative estimate of drug-likeness (QED) is 0.476. The van der Waals surface area contributed by atoms with Crippen LogP contribution in [0.1, 0.15) is 27.0 Å². The van der Waals surface area contributed by atoms with Gasteiger partial charge in [0.05, 0.1) is 6.54 Å². The Bertz CT molecular complexity index is 1260. The van der Waals surface area contributed by atoms with Gasteiger partial charge in [-0.2, -0.15) is 0 Å². The first-order chi connectivity index (χ1) is 16.6. The lowest BCUT2D eigenvalue weighted by atomic mass is 10.1. The molecule has 0 saturated carbocycles. The standard InChI is InChI=1S/C25H20F3NO6/c1-15-11-16(5-10-21(15)34-14-23(30)31)13-33-22-4-2-3-19-20(22)12-29(24(19)32)17-6-8-18(9-7-17)35-25(26,27)28/h2-11H,12-14H2,1H3,(H,30,31). The molecule has 0 unspecified atom stereocenters. The van der Waals surface area contributed by atoms with E-state index in [9.17, 15) is 22.8 Å². The summed E-state index contributed by atoms with van der Waals surface area (Å²) in [5, 5.41) is 8.75. The van der Waals surface area contributed by atoms with Gasteiger partial charge in [0.25, 0.3) is 5.91 Å². The normalized spacial score (nSPS) is 12.9. The summed E-state index contributed by atoms with van der Waals surface area (Å²) in [4.78, 5) is 25.1. The van der Waals surface area contributed by atoms with Crippen LogP contribution < -0.4 is 19.1 Å². The van der Waals surface area contributed by atoms with Crippen molar-refractivity contribution in [1.82, 2.24) is 0 Å². The molecule has 4 rings (SSSR count). The summed E-state index contributed by atoms with van der Waals surface area (Å²) >= 11 is 0. The van der Waals surface area contributed by atoms with Crippen LogP contribution in [0.3, 0.4) is 0 Å². The molecule has 7 nitrogen and oxygen atoms in total. The number of carboxylic acid groups (broad SMARTS) is 1. The first kappa shape index (κ1) is 23.9. The molecule has 1 heterocycles. The van der Waals surface area contributed by atoms with Crippen molar-refractivity contribution in [3.8, 4) is 17.2 Å². The number of rotatable bonds is 8. The lowest BCUT2D eigenvalue weighted by molar-refractivity contribution is -0.274. The van der Waals surface area contributed by atoms with Crippen molar-refractivity contribution in [2.75, 3.05) is 11.5 Å². The molecule has 1 amide bonds. The number of carboxylic acids is 1. The van der Waals surface area contributed by atoms with Gasteiger partial charge in [0.2, 0.25) is 0 Å². The first-order valence-electron chi connectivity index (χ1n) is 10.5. The Balaban J connectivity index is 1.46. The molecule has 0 aromatic heterocycles. The van der Waals surface area contributed by atoms with Crippen LogP contribution in [-0.4, -0.2) is 30.0 Å². The van der Waals surface area contributed by atoms with Crippen molar-refractivity contribution < 1.29 is 42.1 Å². The zero-order chi connectivity index (χ0) is 25.2. The molecule has 182 valence electrons. The maximum absolute atomic E-state index is 12.9. The van der Waals surface area contributed by atoms with Crippen LogP contribution in [0, 0.1) is 6.92 Å². The Morgan fingerprint density at radius 2 is 1.77 bits per heavy atom. The highest BCUT2D eigenvalue weighted by molar-refractivity contribution is 6.10. The molecule has 10 heteroatoms. The SMILES string of the molecule is Cc1cc(COc2cccc3c2CN(c2ccc(OC(F)(F)F)cc2)C3=O)ccc1OCC(=O)O. The number of fused-ring (bicyclic) bond motifs is 1. The summed E-state index contributed by atoms with van der Waals surface area (Å²) in [6.45, 7) is 1.76. The minimum atomic E-state index is -4.79. The van der Waals surface area contributed by atoms with Gasteiger partial charge in [0.15, 0.2) is 6.61 Å². The number of amides is 1. The summed E-state index contributed by atoms with van der Waals surface area (Å²) in [6, 6.07) is 15.5. The summed E-state index contributed by atoms with van der Waals surface area (Å²) in [6.07, 6.45) is -4.79. The van der Waals surface area contributed by atoms with Crippen molar-refractivity contribution >= 4 is 17.6 Å².